The van der Waals surface area contributed by atoms with E-state index >= 15 is 0 Å². The molecule has 0 fully saturated rings. The van der Waals surface area contributed by atoms with E-state index in [-0.39, 0.29) is 0 Å². The molecule has 6 aromatic rings. The lowest BCUT2D eigenvalue weighted by Gasteiger charge is -2.39. The molecule has 204 valence electrons. The monoisotopic (exact) mass is 570 g/mol. The lowest BCUT2D eigenvalue weighted by molar-refractivity contribution is 0.436. The molecule has 1 spiro atoms. The van der Waals surface area contributed by atoms with Crippen molar-refractivity contribution in [3.05, 3.63) is 178 Å². The number of fused-ring (bicyclic) bond motifs is 9. The summed E-state index contributed by atoms with van der Waals surface area (Å²) in [6.07, 6.45) is 3.41. The average Bonchev–Trinajstić information content (AvgIpc) is 3.67. The number of allylic oxidation sites excluding steroid dienone is 2. The second-order valence-corrected chi connectivity index (χ2v) is 11.9. The molecule has 1 aromatic heterocycles. The van der Waals surface area contributed by atoms with Crippen molar-refractivity contribution in [1.29, 1.82) is 10.8 Å². The summed E-state index contributed by atoms with van der Waals surface area (Å²) in [6, 6.07) is 46.1. The SMILES string of the molecule is N=C(/C=C\C(=N)c1ccc(-c2ccc3c(c2)C2(c4ccccc4O3)c3ccccc3-c3ccccc32)s1)c1ccccc1. The second-order valence-electron chi connectivity index (χ2n) is 10.8. The van der Waals surface area contributed by atoms with Crippen LogP contribution in [0.3, 0.4) is 0 Å². The molecule has 5 aromatic carbocycles. The van der Waals surface area contributed by atoms with E-state index in [9.17, 15) is 0 Å². The number of hydrogen-bond donors (Lipinski definition) is 2. The molecule has 0 saturated heterocycles. The van der Waals surface area contributed by atoms with E-state index in [2.05, 4.69) is 91.0 Å². The molecule has 1 aliphatic heterocycles. The van der Waals surface area contributed by atoms with Crippen LogP contribution in [0.4, 0.5) is 0 Å². The van der Waals surface area contributed by atoms with Crippen LogP contribution in [-0.2, 0) is 5.41 Å². The van der Waals surface area contributed by atoms with Crippen LogP contribution < -0.4 is 4.74 Å². The maximum Gasteiger partial charge on any atom is 0.132 e. The Morgan fingerprint density at radius 3 is 1.91 bits per heavy atom. The zero-order chi connectivity index (χ0) is 29.0. The Kier molecular flexibility index (Phi) is 5.85. The molecule has 3 nitrogen and oxygen atoms in total. The van der Waals surface area contributed by atoms with Gasteiger partial charge >= 0.3 is 0 Å². The van der Waals surface area contributed by atoms with Crippen molar-refractivity contribution in [2.75, 3.05) is 0 Å². The predicted molar refractivity (Wildman–Crippen MR) is 176 cm³/mol. The van der Waals surface area contributed by atoms with Gasteiger partial charge in [-0.15, -0.1) is 11.3 Å². The summed E-state index contributed by atoms with van der Waals surface area (Å²) < 4.78 is 6.56. The largest absolute Gasteiger partial charge is 0.457 e. The van der Waals surface area contributed by atoms with Crippen LogP contribution in [-0.4, -0.2) is 11.4 Å². The van der Waals surface area contributed by atoms with Gasteiger partial charge in [0.1, 0.15) is 11.5 Å². The van der Waals surface area contributed by atoms with Gasteiger partial charge in [-0.3, -0.25) is 5.41 Å². The predicted octanol–water partition coefficient (Wildman–Crippen LogP) is 9.88. The first-order valence-corrected chi connectivity index (χ1v) is 15.1. The maximum absolute atomic E-state index is 8.69. The van der Waals surface area contributed by atoms with E-state index in [0.717, 1.165) is 43.5 Å². The van der Waals surface area contributed by atoms with Crippen LogP contribution in [0.1, 0.15) is 32.7 Å². The Hall–Kier alpha value is -5.32. The van der Waals surface area contributed by atoms with Crippen LogP contribution >= 0.6 is 11.3 Å². The highest BCUT2D eigenvalue weighted by atomic mass is 32.1. The van der Waals surface area contributed by atoms with Gasteiger partial charge in [0.2, 0.25) is 0 Å². The first-order valence-electron chi connectivity index (χ1n) is 14.3. The minimum Gasteiger partial charge on any atom is -0.457 e. The highest BCUT2D eigenvalue weighted by Crippen LogP contribution is 2.62. The van der Waals surface area contributed by atoms with E-state index in [4.69, 9.17) is 15.6 Å². The minimum atomic E-state index is -0.499. The standard InChI is InChI=1S/C39H26N2OS/c40-33(25-10-2-1-3-11-25)19-20-34(41)38-23-22-37(43-38)26-18-21-36-32(24-26)39(31-16-8-9-17-35(31)42-36)29-14-6-4-12-27(29)28-13-5-7-15-30(28)39/h1-24,40-41H/b20-19-,40-33?,41-34?. The van der Waals surface area contributed by atoms with Crippen LogP contribution in [0.25, 0.3) is 21.6 Å². The third-order valence-corrected chi connectivity index (χ3v) is 9.67. The Bertz CT molecular complexity index is 2060. The summed E-state index contributed by atoms with van der Waals surface area (Å²) in [6.45, 7) is 0. The number of ether oxygens (including phenoxy) is 1. The molecule has 0 amide bonds. The van der Waals surface area contributed by atoms with Gasteiger partial charge in [-0.1, -0.05) is 97.1 Å². The average molecular weight is 571 g/mol. The summed E-state index contributed by atoms with van der Waals surface area (Å²) in [5, 5.41) is 17.1. The normalized spacial score (nSPS) is 13.6. The van der Waals surface area contributed by atoms with Gasteiger partial charge in [-0.05, 0) is 81.9 Å². The number of rotatable bonds is 5. The van der Waals surface area contributed by atoms with Crippen molar-refractivity contribution in [3.8, 4) is 33.1 Å². The smallest absolute Gasteiger partial charge is 0.132 e. The molecule has 43 heavy (non-hydrogen) atoms. The quantitative estimate of drug-likeness (QED) is 0.199. The van der Waals surface area contributed by atoms with E-state index < -0.39 is 5.41 Å². The first kappa shape index (κ1) is 25.4. The van der Waals surface area contributed by atoms with Gasteiger partial charge in [-0.2, -0.15) is 0 Å². The van der Waals surface area contributed by atoms with Crippen molar-refractivity contribution >= 4 is 22.8 Å². The molecule has 4 heteroatoms. The lowest BCUT2D eigenvalue weighted by Crippen LogP contribution is -2.32. The highest BCUT2D eigenvalue weighted by Gasteiger charge is 2.50. The van der Waals surface area contributed by atoms with E-state index in [1.807, 2.05) is 42.5 Å². The van der Waals surface area contributed by atoms with Crippen LogP contribution in [0.15, 0.2) is 146 Å². The summed E-state index contributed by atoms with van der Waals surface area (Å²) in [5.41, 5.74) is 9.53. The second kappa shape index (κ2) is 9.90. The van der Waals surface area contributed by atoms with Gasteiger partial charge in [0, 0.05) is 16.0 Å². The fourth-order valence-corrected chi connectivity index (χ4v) is 7.54. The number of thiophene rings is 1. The van der Waals surface area contributed by atoms with Crippen molar-refractivity contribution in [2.24, 2.45) is 0 Å². The fourth-order valence-electron chi connectivity index (χ4n) is 6.61. The summed E-state index contributed by atoms with van der Waals surface area (Å²) >= 11 is 1.59. The van der Waals surface area contributed by atoms with E-state index in [1.54, 1.807) is 23.5 Å². The number of para-hydroxylation sites is 1. The molecule has 8 rings (SSSR count). The Morgan fingerprint density at radius 1 is 0.558 bits per heavy atom. The zero-order valence-electron chi connectivity index (χ0n) is 23.2. The fraction of sp³-hybridized carbons (Fsp3) is 0.0256. The number of nitrogens with one attached hydrogen (secondary N) is 2. The molecule has 0 saturated carbocycles. The summed E-state index contributed by atoms with van der Waals surface area (Å²) in [4.78, 5) is 1.94. The Labute approximate surface area is 254 Å². The molecule has 2 N–H and O–H groups in total. The highest BCUT2D eigenvalue weighted by molar-refractivity contribution is 7.17. The van der Waals surface area contributed by atoms with Gasteiger partial charge in [-0.25, -0.2) is 0 Å². The molecular formula is C39H26N2OS. The first-order chi connectivity index (χ1) is 21.1. The van der Waals surface area contributed by atoms with Crippen molar-refractivity contribution in [2.45, 2.75) is 5.41 Å². The molecular weight excluding hydrogens is 545 g/mol. The molecule has 1 aliphatic carbocycles. The topological polar surface area (TPSA) is 56.9 Å². The van der Waals surface area contributed by atoms with Gasteiger partial charge in [0.25, 0.3) is 0 Å². The minimum absolute atomic E-state index is 0.388. The van der Waals surface area contributed by atoms with Crippen LogP contribution in [0, 0.1) is 10.8 Å². The van der Waals surface area contributed by atoms with Crippen LogP contribution in [0.2, 0.25) is 0 Å². The van der Waals surface area contributed by atoms with Crippen LogP contribution in [0.5, 0.6) is 11.5 Å². The third-order valence-electron chi connectivity index (χ3n) is 8.50. The van der Waals surface area contributed by atoms with E-state index in [0.29, 0.717) is 11.4 Å². The van der Waals surface area contributed by atoms with Gasteiger partial charge in [0.15, 0.2) is 0 Å². The molecule has 2 heterocycles. The Balaban J connectivity index is 1.23. The zero-order valence-corrected chi connectivity index (χ0v) is 24.0. The van der Waals surface area contributed by atoms with Crippen molar-refractivity contribution in [1.82, 2.24) is 0 Å². The van der Waals surface area contributed by atoms with Crippen molar-refractivity contribution < 1.29 is 4.74 Å². The Morgan fingerprint density at radius 2 is 1.16 bits per heavy atom. The van der Waals surface area contributed by atoms with Gasteiger partial charge in [0.05, 0.1) is 21.7 Å². The number of hydrogen-bond acceptors (Lipinski definition) is 4. The summed E-state index contributed by atoms with van der Waals surface area (Å²) in [5.74, 6) is 1.75. The van der Waals surface area contributed by atoms with Gasteiger partial charge < -0.3 is 10.1 Å². The number of benzene rings is 5. The molecule has 0 radical (unpaired) electrons. The van der Waals surface area contributed by atoms with Crippen molar-refractivity contribution in [3.63, 3.8) is 0 Å². The molecule has 0 unspecified atom stereocenters. The summed E-state index contributed by atoms with van der Waals surface area (Å²) in [7, 11) is 0. The molecule has 0 bridgehead atoms. The molecule has 2 aliphatic rings. The maximum atomic E-state index is 8.69. The third kappa shape index (κ3) is 3.88. The lowest BCUT2D eigenvalue weighted by atomic mass is 9.66. The van der Waals surface area contributed by atoms with E-state index in [1.165, 1.54) is 22.3 Å². The molecule has 0 atom stereocenters.